The summed E-state index contributed by atoms with van der Waals surface area (Å²) in [6.07, 6.45) is 2.54. The monoisotopic (exact) mass is 198 g/mol. The van der Waals surface area contributed by atoms with Crippen LogP contribution in [0.3, 0.4) is 0 Å². The van der Waals surface area contributed by atoms with Crippen LogP contribution in [0.1, 0.15) is 25.5 Å². The van der Waals surface area contributed by atoms with Gasteiger partial charge in [0, 0.05) is 19.6 Å². The van der Waals surface area contributed by atoms with Gasteiger partial charge in [-0.25, -0.2) is 4.98 Å². The molecule has 0 saturated carbocycles. The van der Waals surface area contributed by atoms with E-state index in [0.717, 1.165) is 18.1 Å². The molecule has 0 fully saturated rings. The lowest BCUT2D eigenvalue weighted by Crippen LogP contribution is -2.21. The summed E-state index contributed by atoms with van der Waals surface area (Å²) in [6.45, 7) is 5.54. The second-order valence-corrected chi connectivity index (χ2v) is 3.50. The van der Waals surface area contributed by atoms with Crippen LogP contribution >= 0.6 is 0 Å². The lowest BCUT2D eigenvalue weighted by molar-refractivity contribution is 0.196. The molecule has 0 atom stereocenters. The van der Waals surface area contributed by atoms with Crippen molar-refractivity contribution in [1.82, 2.24) is 10.3 Å². The van der Waals surface area contributed by atoms with E-state index in [2.05, 4.69) is 24.1 Å². The van der Waals surface area contributed by atoms with Crippen molar-refractivity contribution >= 4 is 0 Å². The number of hydrogen-bond donors (Lipinski definition) is 1. The van der Waals surface area contributed by atoms with Crippen molar-refractivity contribution in [2.45, 2.75) is 32.9 Å². The number of rotatable bonds is 6. The van der Waals surface area contributed by atoms with Gasteiger partial charge in [0.1, 0.15) is 5.76 Å². The van der Waals surface area contributed by atoms with Crippen molar-refractivity contribution in [3.8, 4) is 0 Å². The molecule has 0 saturated heterocycles. The maximum absolute atomic E-state index is 5.48. The first kappa shape index (κ1) is 11.2. The van der Waals surface area contributed by atoms with Crippen molar-refractivity contribution in [2.24, 2.45) is 0 Å². The van der Waals surface area contributed by atoms with Gasteiger partial charge in [0.15, 0.2) is 0 Å². The quantitative estimate of drug-likeness (QED) is 0.749. The van der Waals surface area contributed by atoms with Crippen LogP contribution in [0.25, 0.3) is 0 Å². The number of hydrogen-bond acceptors (Lipinski definition) is 4. The molecule has 4 heteroatoms. The van der Waals surface area contributed by atoms with Gasteiger partial charge >= 0.3 is 0 Å². The van der Waals surface area contributed by atoms with Crippen LogP contribution in [0.5, 0.6) is 0 Å². The van der Waals surface area contributed by atoms with Crippen molar-refractivity contribution in [3.63, 3.8) is 0 Å². The summed E-state index contributed by atoms with van der Waals surface area (Å²) >= 11 is 0. The van der Waals surface area contributed by atoms with E-state index in [1.165, 1.54) is 0 Å². The third-order valence-corrected chi connectivity index (χ3v) is 1.82. The molecular weight excluding hydrogens is 180 g/mol. The van der Waals surface area contributed by atoms with E-state index in [0.29, 0.717) is 19.2 Å². The van der Waals surface area contributed by atoms with Crippen LogP contribution in [-0.2, 0) is 17.7 Å². The Labute approximate surface area is 84.7 Å². The molecule has 80 valence electrons. The van der Waals surface area contributed by atoms with Gasteiger partial charge in [-0.15, -0.1) is 0 Å². The molecule has 0 spiro atoms. The fourth-order valence-corrected chi connectivity index (χ4v) is 1.04. The van der Waals surface area contributed by atoms with E-state index in [4.69, 9.17) is 9.15 Å². The Balaban J connectivity index is 2.35. The van der Waals surface area contributed by atoms with Gasteiger partial charge in [-0.3, -0.25) is 0 Å². The minimum atomic E-state index is 0.448. The van der Waals surface area contributed by atoms with Gasteiger partial charge in [0.05, 0.1) is 19.3 Å². The molecule has 0 aliphatic carbocycles. The number of nitrogens with one attached hydrogen (secondary N) is 1. The fraction of sp³-hybridized carbons (Fsp3) is 0.700. The molecule has 1 aromatic heterocycles. The Morgan fingerprint density at radius 1 is 1.57 bits per heavy atom. The highest BCUT2D eigenvalue weighted by atomic mass is 16.5. The summed E-state index contributed by atoms with van der Waals surface area (Å²) in [5, 5.41) is 3.24. The molecular formula is C10H18N2O2. The summed E-state index contributed by atoms with van der Waals surface area (Å²) < 4.78 is 10.4. The fourth-order valence-electron chi connectivity index (χ4n) is 1.04. The van der Waals surface area contributed by atoms with E-state index in [9.17, 15) is 0 Å². The van der Waals surface area contributed by atoms with Gasteiger partial charge in [-0.1, -0.05) is 13.8 Å². The molecule has 0 unspecified atom stereocenters. The lowest BCUT2D eigenvalue weighted by atomic mass is 10.4. The third kappa shape index (κ3) is 3.89. The van der Waals surface area contributed by atoms with Crippen LogP contribution in [0.4, 0.5) is 0 Å². The highest BCUT2D eigenvalue weighted by Crippen LogP contribution is 2.04. The van der Waals surface area contributed by atoms with Crippen LogP contribution in [0.2, 0.25) is 0 Å². The summed E-state index contributed by atoms with van der Waals surface area (Å²) in [7, 11) is 1.68. The molecule has 1 N–H and O–H groups in total. The predicted molar refractivity (Wildman–Crippen MR) is 54.1 cm³/mol. The highest BCUT2D eigenvalue weighted by molar-refractivity contribution is 4.94. The van der Waals surface area contributed by atoms with Crippen molar-refractivity contribution < 1.29 is 9.15 Å². The zero-order valence-electron chi connectivity index (χ0n) is 9.04. The molecule has 0 aliphatic rings. The van der Waals surface area contributed by atoms with Crippen LogP contribution in [0.15, 0.2) is 10.6 Å². The van der Waals surface area contributed by atoms with E-state index in [1.54, 1.807) is 13.3 Å². The molecule has 0 aliphatic heterocycles. The molecule has 14 heavy (non-hydrogen) atoms. The van der Waals surface area contributed by atoms with Gasteiger partial charge in [0.2, 0.25) is 5.89 Å². The topological polar surface area (TPSA) is 47.3 Å². The number of aromatic nitrogens is 1. The summed E-state index contributed by atoms with van der Waals surface area (Å²) in [4.78, 5) is 4.16. The Morgan fingerprint density at radius 2 is 2.36 bits per heavy atom. The molecule has 0 radical (unpaired) electrons. The lowest BCUT2D eigenvalue weighted by Gasteiger charge is -2.03. The minimum Gasteiger partial charge on any atom is -0.444 e. The third-order valence-electron chi connectivity index (χ3n) is 1.82. The van der Waals surface area contributed by atoms with Gasteiger partial charge in [-0.05, 0) is 0 Å². The normalized spacial score (nSPS) is 11.1. The zero-order valence-corrected chi connectivity index (χ0v) is 9.04. The average molecular weight is 198 g/mol. The Morgan fingerprint density at radius 3 is 3.00 bits per heavy atom. The van der Waals surface area contributed by atoms with E-state index >= 15 is 0 Å². The summed E-state index contributed by atoms with van der Waals surface area (Å²) in [5.74, 6) is 1.62. The molecule has 1 heterocycles. The van der Waals surface area contributed by atoms with Crippen LogP contribution < -0.4 is 5.32 Å². The van der Waals surface area contributed by atoms with Crippen LogP contribution in [-0.4, -0.2) is 24.7 Å². The zero-order chi connectivity index (χ0) is 10.4. The molecule has 1 rings (SSSR count). The van der Waals surface area contributed by atoms with E-state index < -0.39 is 0 Å². The van der Waals surface area contributed by atoms with Gasteiger partial charge in [-0.2, -0.15) is 0 Å². The second kappa shape index (κ2) is 5.78. The number of methoxy groups -OCH3 is 1. The smallest absolute Gasteiger partial charge is 0.208 e. The maximum atomic E-state index is 5.48. The standard InChI is InChI=1S/C10H18N2O2/c1-8(2)11-7-10-12-6-9(14-10)4-5-13-3/h6,8,11H,4-5,7H2,1-3H3. The first-order valence-electron chi connectivity index (χ1n) is 4.88. The molecule has 4 nitrogen and oxygen atoms in total. The maximum Gasteiger partial charge on any atom is 0.208 e. The molecule has 0 aromatic carbocycles. The number of ether oxygens (including phenoxy) is 1. The Bertz CT molecular complexity index is 258. The number of oxazole rings is 1. The van der Waals surface area contributed by atoms with E-state index in [1.807, 2.05) is 0 Å². The van der Waals surface area contributed by atoms with Crippen molar-refractivity contribution in [1.29, 1.82) is 0 Å². The predicted octanol–water partition coefficient (Wildman–Crippen LogP) is 1.36. The van der Waals surface area contributed by atoms with Crippen LogP contribution in [0, 0.1) is 0 Å². The highest BCUT2D eigenvalue weighted by Gasteiger charge is 2.03. The van der Waals surface area contributed by atoms with Crippen molar-refractivity contribution in [3.05, 3.63) is 17.8 Å². The first-order chi connectivity index (χ1) is 6.72. The molecule has 0 amide bonds. The molecule has 0 bridgehead atoms. The van der Waals surface area contributed by atoms with Gasteiger partial charge < -0.3 is 14.5 Å². The van der Waals surface area contributed by atoms with Crippen molar-refractivity contribution in [2.75, 3.05) is 13.7 Å². The minimum absolute atomic E-state index is 0.448. The Hall–Kier alpha value is -0.870. The largest absolute Gasteiger partial charge is 0.444 e. The average Bonchev–Trinajstić information content (AvgIpc) is 2.59. The SMILES string of the molecule is COCCc1cnc(CNC(C)C)o1. The first-order valence-corrected chi connectivity index (χ1v) is 4.88. The molecule has 1 aromatic rings. The number of nitrogens with zero attached hydrogens (tertiary/aromatic N) is 1. The summed E-state index contributed by atoms with van der Waals surface area (Å²) in [5.41, 5.74) is 0. The van der Waals surface area contributed by atoms with Gasteiger partial charge in [0.25, 0.3) is 0 Å². The van der Waals surface area contributed by atoms with E-state index in [-0.39, 0.29) is 0 Å². The second-order valence-electron chi connectivity index (χ2n) is 3.50. The summed E-state index contributed by atoms with van der Waals surface area (Å²) in [6, 6.07) is 0.448. The Kier molecular flexibility index (Phi) is 4.62.